The predicted molar refractivity (Wildman–Crippen MR) is 83.6 cm³/mol. The van der Waals surface area contributed by atoms with E-state index >= 15 is 0 Å². The Bertz CT molecular complexity index is 989. The highest BCUT2D eigenvalue weighted by molar-refractivity contribution is 7.87. The number of aryl methyl sites for hydroxylation is 1. The van der Waals surface area contributed by atoms with Crippen molar-refractivity contribution in [2.24, 2.45) is 0 Å². The molecule has 5 nitrogen and oxygen atoms in total. The van der Waals surface area contributed by atoms with Crippen molar-refractivity contribution in [3.05, 3.63) is 70.5 Å². The largest absolute Gasteiger partial charge is 0.379 e. The van der Waals surface area contributed by atoms with Gasteiger partial charge in [0.1, 0.15) is 10.6 Å². The van der Waals surface area contributed by atoms with E-state index in [0.717, 1.165) is 10.9 Å². The molecule has 0 unspecified atom stereocenters. The van der Waals surface area contributed by atoms with Crippen molar-refractivity contribution in [3.63, 3.8) is 0 Å². The number of hydrogen-bond donors (Lipinski definition) is 1. The summed E-state index contributed by atoms with van der Waals surface area (Å²) in [7, 11) is -3.90. The second-order valence-electron chi connectivity index (χ2n) is 4.92. The number of rotatable bonds is 3. The van der Waals surface area contributed by atoms with Crippen LogP contribution in [0.15, 0.2) is 64.3 Å². The number of aromatic amines is 1. The molecule has 1 heterocycles. The van der Waals surface area contributed by atoms with Crippen LogP contribution >= 0.6 is 0 Å². The van der Waals surface area contributed by atoms with Gasteiger partial charge in [0.05, 0.1) is 5.52 Å². The smallest absolute Gasteiger partial charge is 0.339 e. The number of aromatic nitrogens is 1. The third-order valence-electron chi connectivity index (χ3n) is 3.21. The SMILES string of the molecule is Cc1ccc(S(=O)(=O)Oc2ccc3ccc(=O)[nH]c3c2)cc1. The topological polar surface area (TPSA) is 76.2 Å². The molecule has 1 N–H and O–H groups in total. The third-order valence-corrected chi connectivity index (χ3v) is 4.47. The van der Waals surface area contributed by atoms with E-state index in [4.69, 9.17) is 4.18 Å². The van der Waals surface area contributed by atoms with Crippen LogP contribution in [0.2, 0.25) is 0 Å². The molecule has 0 aliphatic heterocycles. The van der Waals surface area contributed by atoms with E-state index in [1.807, 2.05) is 6.92 Å². The van der Waals surface area contributed by atoms with Gasteiger partial charge in [0, 0.05) is 12.1 Å². The summed E-state index contributed by atoms with van der Waals surface area (Å²) in [6.45, 7) is 1.87. The van der Waals surface area contributed by atoms with Crippen LogP contribution in [0, 0.1) is 6.92 Å². The lowest BCUT2D eigenvalue weighted by Gasteiger charge is -2.08. The maximum atomic E-state index is 12.2. The Balaban J connectivity index is 1.98. The van der Waals surface area contributed by atoms with Gasteiger partial charge in [-0.3, -0.25) is 4.79 Å². The Hall–Kier alpha value is -2.60. The molecule has 0 fully saturated rings. The van der Waals surface area contributed by atoms with Gasteiger partial charge < -0.3 is 9.17 Å². The van der Waals surface area contributed by atoms with E-state index in [2.05, 4.69) is 4.98 Å². The molecule has 3 aromatic rings. The molecule has 0 radical (unpaired) electrons. The van der Waals surface area contributed by atoms with E-state index < -0.39 is 10.1 Å². The fraction of sp³-hybridized carbons (Fsp3) is 0.0625. The average Bonchev–Trinajstić information content (AvgIpc) is 2.47. The zero-order valence-corrected chi connectivity index (χ0v) is 12.6. The highest BCUT2D eigenvalue weighted by atomic mass is 32.2. The summed E-state index contributed by atoms with van der Waals surface area (Å²) in [5, 5.41) is 0.791. The monoisotopic (exact) mass is 315 g/mol. The van der Waals surface area contributed by atoms with Crippen LogP contribution in [0.5, 0.6) is 5.75 Å². The van der Waals surface area contributed by atoms with Gasteiger partial charge in [0.15, 0.2) is 0 Å². The van der Waals surface area contributed by atoms with Crippen LogP contribution in [0.4, 0.5) is 0 Å². The zero-order chi connectivity index (χ0) is 15.7. The molecule has 0 saturated carbocycles. The van der Waals surface area contributed by atoms with Crippen molar-refractivity contribution in [1.82, 2.24) is 4.98 Å². The van der Waals surface area contributed by atoms with E-state index in [1.54, 1.807) is 30.3 Å². The minimum absolute atomic E-state index is 0.0831. The molecular weight excluding hydrogens is 302 g/mol. The van der Waals surface area contributed by atoms with Gasteiger partial charge in [-0.15, -0.1) is 0 Å². The van der Waals surface area contributed by atoms with Crippen LogP contribution in [-0.4, -0.2) is 13.4 Å². The van der Waals surface area contributed by atoms with Gasteiger partial charge >= 0.3 is 10.1 Å². The highest BCUT2D eigenvalue weighted by Crippen LogP contribution is 2.22. The molecule has 112 valence electrons. The van der Waals surface area contributed by atoms with E-state index in [1.165, 1.54) is 24.3 Å². The van der Waals surface area contributed by atoms with Crippen LogP contribution < -0.4 is 9.74 Å². The van der Waals surface area contributed by atoms with Crippen molar-refractivity contribution < 1.29 is 12.6 Å². The normalized spacial score (nSPS) is 11.5. The van der Waals surface area contributed by atoms with Crippen LogP contribution in [-0.2, 0) is 10.1 Å². The minimum Gasteiger partial charge on any atom is -0.379 e. The minimum atomic E-state index is -3.90. The highest BCUT2D eigenvalue weighted by Gasteiger charge is 2.16. The van der Waals surface area contributed by atoms with E-state index in [-0.39, 0.29) is 16.2 Å². The number of hydrogen-bond acceptors (Lipinski definition) is 4. The molecule has 0 aliphatic rings. The standard InChI is InChI=1S/C16H13NO4S/c1-11-2-7-14(8-3-11)22(19,20)21-13-6-4-12-5-9-16(18)17-15(12)10-13/h2-10H,1H3,(H,17,18). The lowest BCUT2D eigenvalue weighted by atomic mass is 10.2. The van der Waals surface area contributed by atoms with Crippen LogP contribution in [0.25, 0.3) is 10.9 Å². The van der Waals surface area contributed by atoms with E-state index in [9.17, 15) is 13.2 Å². The van der Waals surface area contributed by atoms with Crippen LogP contribution in [0.3, 0.4) is 0 Å². The van der Waals surface area contributed by atoms with Gasteiger partial charge in [-0.05, 0) is 42.6 Å². The zero-order valence-electron chi connectivity index (χ0n) is 11.7. The fourth-order valence-electron chi connectivity index (χ4n) is 2.06. The number of pyridine rings is 1. The van der Waals surface area contributed by atoms with Crippen molar-refractivity contribution >= 4 is 21.0 Å². The lowest BCUT2D eigenvalue weighted by molar-refractivity contribution is 0.486. The summed E-state index contributed by atoms with van der Waals surface area (Å²) in [6, 6.07) is 14.2. The number of H-pyrrole nitrogens is 1. The first kappa shape index (κ1) is 14.3. The summed E-state index contributed by atoms with van der Waals surface area (Å²) in [6.07, 6.45) is 0. The van der Waals surface area contributed by atoms with Gasteiger partial charge in [0.2, 0.25) is 5.56 Å². The Morgan fingerprint density at radius 2 is 1.64 bits per heavy atom. The van der Waals surface area contributed by atoms with Gasteiger partial charge in [-0.2, -0.15) is 8.42 Å². The fourth-order valence-corrected chi connectivity index (χ4v) is 2.98. The molecule has 0 amide bonds. The summed E-state index contributed by atoms with van der Waals surface area (Å²) in [5.74, 6) is 0.148. The van der Waals surface area contributed by atoms with Crippen molar-refractivity contribution in [1.29, 1.82) is 0 Å². The Kier molecular flexibility index (Phi) is 3.46. The van der Waals surface area contributed by atoms with Gasteiger partial charge in [0.25, 0.3) is 0 Å². The number of benzene rings is 2. The molecule has 2 aromatic carbocycles. The summed E-state index contributed by atoms with van der Waals surface area (Å²) in [5.41, 5.74) is 1.22. The molecule has 0 saturated heterocycles. The first-order chi connectivity index (χ1) is 10.4. The molecule has 0 atom stereocenters. The average molecular weight is 315 g/mol. The molecule has 0 spiro atoms. The Morgan fingerprint density at radius 1 is 0.955 bits per heavy atom. The molecule has 1 aromatic heterocycles. The molecule has 22 heavy (non-hydrogen) atoms. The number of nitrogens with one attached hydrogen (secondary N) is 1. The lowest BCUT2D eigenvalue weighted by Crippen LogP contribution is -2.10. The Morgan fingerprint density at radius 3 is 2.36 bits per heavy atom. The molecule has 0 aliphatic carbocycles. The van der Waals surface area contributed by atoms with Crippen molar-refractivity contribution in [2.75, 3.05) is 0 Å². The summed E-state index contributed by atoms with van der Waals surface area (Å²) in [4.78, 5) is 14.0. The summed E-state index contributed by atoms with van der Waals surface area (Å²) >= 11 is 0. The van der Waals surface area contributed by atoms with Crippen molar-refractivity contribution in [2.45, 2.75) is 11.8 Å². The second kappa shape index (κ2) is 5.31. The number of fused-ring (bicyclic) bond motifs is 1. The van der Waals surface area contributed by atoms with Crippen molar-refractivity contribution in [3.8, 4) is 5.75 Å². The van der Waals surface area contributed by atoms with Gasteiger partial charge in [-0.1, -0.05) is 17.7 Å². The maximum Gasteiger partial charge on any atom is 0.339 e. The molecule has 0 bridgehead atoms. The Labute approximate surface area is 127 Å². The molecular formula is C16H13NO4S. The first-order valence-corrected chi connectivity index (χ1v) is 7.99. The molecule has 6 heteroatoms. The summed E-state index contributed by atoms with van der Waals surface area (Å²) < 4.78 is 29.6. The van der Waals surface area contributed by atoms with E-state index in [0.29, 0.717) is 5.52 Å². The quantitative estimate of drug-likeness (QED) is 0.754. The van der Waals surface area contributed by atoms with Crippen LogP contribution in [0.1, 0.15) is 5.56 Å². The van der Waals surface area contributed by atoms with Gasteiger partial charge in [-0.25, -0.2) is 0 Å². The first-order valence-electron chi connectivity index (χ1n) is 6.58. The maximum absolute atomic E-state index is 12.2. The predicted octanol–water partition coefficient (Wildman–Crippen LogP) is 2.60. The second-order valence-corrected chi connectivity index (χ2v) is 6.47. The third kappa shape index (κ3) is 2.87. The molecule has 3 rings (SSSR count).